The Balaban J connectivity index is 2.22. The van der Waals surface area contributed by atoms with E-state index >= 15 is 0 Å². The number of carbonyl (C=O) groups is 1. The number of aliphatic hydroxyl groups excluding tert-OH is 1. The molecule has 24 heavy (non-hydrogen) atoms. The monoisotopic (exact) mass is 332 g/mol. The zero-order valence-electron chi connectivity index (χ0n) is 15.1. The number of aromatic amines is 1. The average molecular weight is 332 g/mol. The number of H-pyrrole nitrogens is 1. The van der Waals surface area contributed by atoms with Gasteiger partial charge in [0.25, 0.3) is 0 Å². The minimum Gasteiger partial charge on any atom is -0.392 e. The summed E-state index contributed by atoms with van der Waals surface area (Å²) in [6, 6.07) is 7.41. The first-order valence-corrected chi connectivity index (χ1v) is 8.49. The predicted octanol–water partition coefficient (Wildman–Crippen LogP) is 3.06. The van der Waals surface area contributed by atoms with E-state index in [-0.39, 0.29) is 24.0 Å². The summed E-state index contributed by atoms with van der Waals surface area (Å²) in [5.74, 6) is 0.926. The molecule has 0 spiro atoms. The highest BCUT2D eigenvalue weighted by Gasteiger charge is 2.26. The van der Waals surface area contributed by atoms with Gasteiger partial charge in [-0.1, -0.05) is 26.0 Å². The maximum Gasteiger partial charge on any atom is 0.318 e. The molecule has 2 unspecified atom stereocenters. The smallest absolute Gasteiger partial charge is 0.318 e. The highest BCUT2D eigenvalue weighted by Crippen LogP contribution is 2.22. The molecule has 132 valence electrons. The molecule has 1 aromatic carbocycles. The largest absolute Gasteiger partial charge is 0.392 e. The van der Waals surface area contributed by atoms with Crippen LogP contribution in [0.4, 0.5) is 4.79 Å². The van der Waals surface area contributed by atoms with Crippen LogP contribution in [0.15, 0.2) is 24.3 Å². The van der Waals surface area contributed by atoms with E-state index in [1.807, 2.05) is 52.0 Å². The standard InChI is InChI=1S/C18H28N4O2/c1-11(2)16(17-19-14-8-6-7-9-15(14)20-17)21-18(24)22(12(3)4)10-13(5)23/h6-9,11-13,16,23H,10H2,1-5H3,(H,19,20)(H,21,24). The predicted molar refractivity (Wildman–Crippen MR) is 95.7 cm³/mol. The number of urea groups is 1. The van der Waals surface area contributed by atoms with E-state index in [1.54, 1.807) is 11.8 Å². The van der Waals surface area contributed by atoms with Gasteiger partial charge in [-0.3, -0.25) is 0 Å². The Hall–Kier alpha value is -2.08. The molecule has 0 aliphatic carbocycles. The molecule has 3 N–H and O–H groups in total. The quantitative estimate of drug-likeness (QED) is 0.760. The van der Waals surface area contributed by atoms with Crippen molar-refractivity contribution in [1.82, 2.24) is 20.2 Å². The molecule has 0 saturated heterocycles. The molecule has 2 aromatic rings. The Bertz CT molecular complexity index is 645. The molecule has 2 amide bonds. The van der Waals surface area contributed by atoms with Crippen LogP contribution < -0.4 is 5.32 Å². The molecule has 0 radical (unpaired) electrons. The summed E-state index contributed by atoms with van der Waals surface area (Å²) in [7, 11) is 0. The van der Waals surface area contributed by atoms with Crippen LogP contribution in [0.1, 0.15) is 46.5 Å². The van der Waals surface area contributed by atoms with Crippen LogP contribution in [0.25, 0.3) is 11.0 Å². The van der Waals surface area contributed by atoms with Crippen molar-refractivity contribution in [2.45, 2.75) is 52.8 Å². The third-order valence-electron chi connectivity index (χ3n) is 3.99. The number of nitrogens with zero attached hydrogens (tertiary/aromatic N) is 2. The van der Waals surface area contributed by atoms with Gasteiger partial charge in [-0.05, 0) is 38.8 Å². The van der Waals surface area contributed by atoms with Crippen LogP contribution in [-0.2, 0) is 0 Å². The molecule has 0 fully saturated rings. The first-order valence-electron chi connectivity index (χ1n) is 8.49. The van der Waals surface area contributed by atoms with E-state index in [0.29, 0.717) is 6.54 Å². The molecule has 0 bridgehead atoms. The van der Waals surface area contributed by atoms with Gasteiger partial charge in [0.05, 0.1) is 23.2 Å². The van der Waals surface area contributed by atoms with E-state index in [1.165, 1.54) is 0 Å². The number of carbonyl (C=O) groups excluding carboxylic acids is 1. The lowest BCUT2D eigenvalue weighted by atomic mass is 10.0. The van der Waals surface area contributed by atoms with Gasteiger partial charge in [0, 0.05) is 12.6 Å². The van der Waals surface area contributed by atoms with E-state index in [2.05, 4.69) is 15.3 Å². The van der Waals surface area contributed by atoms with Crippen molar-refractivity contribution < 1.29 is 9.90 Å². The van der Waals surface area contributed by atoms with Gasteiger partial charge in [-0.15, -0.1) is 0 Å². The number of aromatic nitrogens is 2. The van der Waals surface area contributed by atoms with Gasteiger partial charge in [-0.2, -0.15) is 0 Å². The van der Waals surface area contributed by atoms with Crippen LogP contribution in [0.3, 0.4) is 0 Å². The SMILES string of the molecule is CC(O)CN(C(=O)NC(c1nc2ccccc2[nH]1)C(C)C)C(C)C. The number of fused-ring (bicyclic) bond motifs is 1. The van der Waals surface area contributed by atoms with E-state index in [0.717, 1.165) is 16.9 Å². The van der Waals surface area contributed by atoms with Gasteiger partial charge < -0.3 is 20.3 Å². The van der Waals surface area contributed by atoms with Crippen LogP contribution in [0, 0.1) is 5.92 Å². The number of rotatable bonds is 6. The Labute approximate surface area is 143 Å². The first-order chi connectivity index (χ1) is 11.3. The third-order valence-corrected chi connectivity index (χ3v) is 3.99. The molecule has 0 saturated carbocycles. The average Bonchev–Trinajstić information content (AvgIpc) is 2.92. The number of benzene rings is 1. The molecular formula is C18H28N4O2. The van der Waals surface area contributed by atoms with E-state index in [9.17, 15) is 9.90 Å². The van der Waals surface area contributed by atoms with Gasteiger partial charge in [-0.25, -0.2) is 9.78 Å². The van der Waals surface area contributed by atoms with E-state index in [4.69, 9.17) is 0 Å². The van der Waals surface area contributed by atoms with Crippen LogP contribution in [-0.4, -0.2) is 44.7 Å². The summed E-state index contributed by atoms with van der Waals surface area (Å²) in [6.07, 6.45) is -0.568. The number of hydrogen-bond donors (Lipinski definition) is 3. The molecule has 2 rings (SSSR count). The van der Waals surface area contributed by atoms with Gasteiger partial charge in [0.15, 0.2) is 0 Å². The number of hydrogen-bond acceptors (Lipinski definition) is 3. The summed E-state index contributed by atoms with van der Waals surface area (Å²) < 4.78 is 0. The molecule has 1 aromatic heterocycles. The highest BCUT2D eigenvalue weighted by molar-refractivity contribution is 5.76. The normalized spacial score (nSPS) is 14.2. The lowest BCUT2D eigenvalue weighted by Crippen LogP contribution is -2.48. The second kappa shape index (κ2) is 7.66. The molecule has 6 heteroatoms. The fraction of sp³-hybridized carbons (Fsp3) is 0.556. The Morgan fingerprint density at radius 3 is 2.46 bits per heavy atom. The number of para-hydroxylation sites is 2. The van der Waals surface area contributed by atoms with Crippen molar-refractivity contribution in [3.05, 3.63) is 30.1 Å². The first kappa shape index (κ1) is 18.3. The van der Waals surface area contributed by atoms with E-state index < -0.39 is 6.10 Å². The van der Waals surface area contributed by atoms with Crippen molar-refractivity contribution in [3.63, 3.8) is 0 Å². The molecule has 0 aliphatic heterocycles. The second-order valence-electron chi connectivity index (χ2n) is 6.91. The minimum absolute atomic E-state index is 0.00286. The molecule has 0 aliphatic rings. The number of nitrogens with one attached hydrogen (secondary N) is 2. The summed E-state index contributed by atoms with van der Waals surface area (Å²) in [4.78, 5) is 22.2. The highest BCUT2D eigenvalue weighted by atomic mass is 16.3. The maximum absolute atomic E-state index is 12.7. The number of imidazole rings is 1. The number of amides is 2. The van der Waals surface area contributed by atoms with Gasteiger partial charge in [0.2, 0.25) is 0 Å². The van der Waals surface area contributed by atoms with Crippen LogP contribution in [0.5, 0.6) is 0 Å². The molecule has 6 nitrogen and oxygen atoms in total. The van der Waals surface area contributed by atoms with Crippen molar-refractivity contribution in [3.8, 4) is 0 Å². The molecule has 2 atom stereocenters. The van der Waals surface area contributed by atoms with Crippen molar-refractivity contribution in [2.24, 2.45) is 5.92 Å². The van der Waals surface area contributed by atoms with Crippen molar-refractivity contribution >= 4 is 17.1 Å². The zero-order valence-corrected chi connectivity index (χ0v) is 15.1. The fourth-order valence-corrected chi connectivity index (χ4v) is 2.70. The second-order valence-corrected chi connectivity index (χ2v) is 6.91. The third kappa shape index (κ3) is 4.26. The summed E-state index contributed by atoms with van der Waals surface area (Å²) >= 11 is 0. The lowest BCUT2D eigenvalue weighted by Gasteiger charge is -2.31. The Morgan fingerprint density at radius 1 is 1.25 bits per heavy atom. The molecule has 1 heterocycles. The van der Waals surface area contributed by atoms with Gasteiger partial charge >= 0.3 is 6.03 Å². The number of aliphatic hydroxyl groups is 1. The van der Waals surface area contributed by atoms with Crippen molar-refractivity contribution in [2.75, 3.05) is 6.54 Å². The zero-order chi connectivity index (χ0) is 17.9. The Kier molecular flexibility index (Phi) is 5.83. The summed E-state index contributed by atoms with van der Waals surface area (Å²) in [6.45, 7) is 9.95. The lowest BCUT2D eigenvalue weighted by molar-refractivity contribution is 0.116. The molecular weight excluding hydrogens is 304 g/mol. The minimum atomic E-state index is -0.568. The fourth-order valence-electron chi connectivity index (χ4n) is 2.70. The topological polar surface area (TPSA) is 81.2 Å². The van der Waals surface area contributed by atoms with Crippen LogP contribution >= 0.6 is 0 Å². The summed E-state index contributed by atoms with van der Waals surface area (Å²) in [5.41, 5.74) is 1.84. The van der Waals surface area contributed by atoms with Gasteiger partial charge in [0.1, 0.15) is 5.82 Å². The Morgan fingerprint density at radius 2 is 1.92 bits per heavy atom. The maximum atomic E-state index is 12.7. The van der Waals surface area contributed by atoms with Crippen LogP contribution in [0.2, 0.25) is 0 Å². The van der Waals surface area contributed by atoms with Crippen molar-refractivity contribution in [1.29, 1.82) is 0 Å². The summed E-state index contributed by atoms with van der Waals surface area (Å²) in [5, 5.41) is 12.7.